The second kappa shape index (κ2) is 7.12. The fraction of sp³-hybridized carbons (Fsp3) is 0.688. The summed E-state index contributed by atoms with van der Waals surface area (Å²) in [7, 11) is 1.65. The Bertz CT molecular complexity index is 559. The summed E-state index contributed by atoms with van der Waals surface area (Å²) in [5.74, 6) is 1.74. The van der Waals surface area contributed by atoms with Gasteiger partial charge in [-0.25, -0.2) is 4.98 Å². The van der Waals surface area contributed by atoms with Crippen molar-refractivity contribution in [3.63, 3.8) is 0 Å². The van der Waals surface area contributed by atoms with Crippen LogP contribution in [0.3, 0.4) is 0 Å². The molecule has 0 saturated carbocycles. The largest absolute Gasteiger partial charge is 0.383 e. The van der Waals surface area contributed by atoms with Gasteiger partial charge in [-0.2, -0.15) is 4.98 Å². The van der Waals surface area contributed by atoms with Crippen molar-refractivity contribution in [3.8, 4) is 0 Å². The summed E-state index contributed by atoms with van der Waals surface area (Å²) in [6.07, 6.45) is 3.74. The third kappa shape index (κ3) is 3.90. The smallest absolute Gasteiger partial charge is 0.223 e. The van der Waals surface area contributed by atoms with Gasteiger partial charge in [0.25, 0.3) is 0 Å². The number of carbonyl (C=O) groups excluding carboxylic acids is 1. The lowest BCUT2D eigenvalue weighted by atomic mass is 10.0. The van der Waals surface area contributed by atoms with E-state index >= 15 is 0 Å². The van der Waals surface area contributed by atoms with Crippen LogP contribution in [0, 0.1) is 5.92 Å². The van der Waals surface area contributed by atoms with Gasteiger partial charge in [-0.15, -0.1) is 0 Å². The minimum atomic E-state index is 0.203. The van der Waals surface area contributed by atoms with Crippen LogP contribution >= 0.6 is 0 Å². The quantitative estimate of drug-likeness (QED) is 0.831. The number of nitrogens with zero attached hydrogens (tertiary/aromatic N) is 4. The first-order chi connectivity index (χ1) is 11.2. The molecule has 1 atom stereocenters. The molecule has 2 fully saturated rings. The van der Waals surface area contributed by atoms with Crippen LogP contribution < -0.4 is 10.6 Å². The lowest BCUT2D eigenvalue weighted by Crippen LogP contribution is -2.29. The highest BCUT2D eigenvalue weighted by Gasteiger charge is 2.29. The molecule has 2 saturated heterocycles. The minimum Gasteiger partial charge on any atom is -0.383 e. The predicted octanol–water partition coefficient (Wildman–Crippen LogP) is 0.696. The Morgan fingerprint density at radius 2 is 2.13 bits per heavy atom. The van der Waals surface area contributed by atoms with E-state index in [0.717, 1.165) is 37.6 Å². The maximum atomic E-state index is 12.0. The van der Waals surface area contributed by atoms with Crippen LogP contribution in [0.15, 0.2) is 6.07 Å². The van der Waals surface area contributed by atoms with E-state index < -0.39 is 0 Å². The molecule has 1 aromatic heterocycles. The Kier molecular flexibility index (Phi) is 4.95. The van der Waals surface area contributed by atoms with E-state index in [9.17, 15) is 4.79 Å². The van der Waals surface area contributed by atoms with Gasteiger partial charge in [-0.05, 0) is 25.2 Å². The molecule has 7 heteroatoms. The van der Waals surface area contributed by atoms with Crippen LogP contribution in [-0.4, -0.2) is 60.7 Å². The summed E-state index contributed by atoms with van der Waals surface area (Å²) in [5.41, 5.74) is 6.81. The Hall–Kier alpha value is -1.89. The minimum absolute atomic E-state index is 0.203. The Labute approximate surface area is 136 Å². The summed E-state index contributed by atoms with van der Waals surface area (Å²) in [6.45, 7) is 4.07. The van der Waals surface area contributed by atoms with Crippen molar-refractivity contribution in [2.75, 3.05) is 50.5 Å². The van der Waals surface area contributed by atoms with E-state index in [0.29, 0.717) is 31.4 Å². The van der Waals surface area contributed by atoms with Crippen molar-refractivity contribution in [3.05, 3.63) is 11.8 Å². The first kappa shape index (κ1) is 16.0. The number of hydrogen-bond donors (Lipinski definition) is 1. The number of carbonyl (C=O) groups is 1. The number of amides is 1. The number of aromatic nitrogens is 2. The summed E-state index contributed by atoms with van der Waals surface area (Å²) < 4.78 is 5.06. The third-order valence-electron chi connectivity index (χ3n) is 4.57. The van der Waals surface area contributed by atoms with Crippen LogP contribution in [0.25, 0.3) is 0 Å². The fourth-order valence-corrected chi connectivity index (χ4v) is 3.42. The second-order valence-corrected chi connectivity index (χ2v) is 6.38. The van der Waals surface area contributed by atoms with Gasteiger partial charge in [-0.1, -0.05) is 0 Å². The van der Waals surface area contributed by atoms with Crippen LogP contribution in [-0.2, 0) is 16.0 Å². The Morgan fingerprint density at radius 1 is 1.35 bits per heavy atom. The second-order valence-electron chi connectivity index (χ2n) is 6.38. The van der Waals surface area contributed by atoms with Crippen molar-refractivity contribution in [2.24, 2.45) is 5.92 Å². The molecule has 1 aromatic rings. The van der Waals surface area contributed by atoms with E-state index in [4.69, 9.17) is 10.5 Å². The zero-order valence-corrected chi connectivity index (χ0v) is 13.7. The monoisotopic (exact) mass is 319 g/mol. The number of rotatable bonds is 6. The molecule has 0 spiro atoms. The highest BCUT2D eigenvalue weighted by atomic mass is 16.5. The van der Waals surface area contributed by atoms with E-state index in [1.54, 1.807) is 7.11 Å². The molecular weight excluding hydrogens is 294 g/mol. The molecule has 126 valence electrons. The van der Waals surface area contributed by atoms with Gasteiger partial charge in [0.2, 0.25) is 11.9 Å². The lowest BCUT2D eigenvalue weighted by molar-refractivity contribution is -0.128. The molecule has 2 aliphatic heterocycles. The molecule has 23 heavy (non-hydrogen) atoms. The molecule has 0 bridgehead atoms. The lowest BCUT2D eigenvalue weighted by Gasteiger charge is -2.18. The normalized spacial score (nSPS) is 21.4. The van der Waals surface area contributed by atoms with Crippen molar-refractivity contribution in [1.82, 2.24) is 14.9 Å². The van der Waals surface area contributed by atoms with Gasteiger partial charge < -0.3 is 20.3 Å². The predicted molar refractivity (Wildman–Crippen MR) is 88.2 cm³/mol. The molecule has 0 aromatic carbocycles. The maximum Gasteiger partial charge on any atom is 0.223 e. The Morgan fingerprint density at radius 3 is 2.87 bits per heavy atom. The van der Waals surface area contributed by atoms with E-state index in [-0.39, 0.29) is 5.91 Å². The standard InChI is InChI=1S/C16H25N5O2/c1-23-7-6-21-11-12(9-15(21)22)8-13-10-14(19-16(17)18-13)20-4-2-3-5-20/h10,12H,2-9,11H2,1H3,(H2,17,18,19). The topological polar surface area (TPSA) is 84.6 Å². The summed E-state index contributed by atoms with van der Waals surface area (Å²) in [6, 6.07) is 2.03. The van der Waals surface area contributed by atoms with Gasteiger partial charge in [0, 0.05) is 51.5 Å². The molecule has 2 aliphatic rings. The van der Waals surface area contributed by atoms with E-state index in [1.165, 1.54) is 12.8 Å². The summed E-state index contributed by atoms with van der Waals surface area (Å²) in [4.78, 5) is 24.9. The van der Waals surface area contributed by atoms with Gasteiger partial charge in [0.05, 0.1) is 6.61 Å². The van der Waals surface area contributed by atoms with Gasteiger partial charge in [0.15, 0.2) is 0 Å². The molecule has 7 nitrogen and oxygen atoms in total. The molecule has 3 rings (SSSR count). The average Bonchev–Trinajstić information content (AvgIpc) is 3.15. The molecule has 2 N–H and O–H groups in total. The summed E-state index contributed by atoms with van der Waals surface area (Å²) >= 11 is 0. The SMILES string of the molecule is COCCN1CC(Cc2cc(N3CCCC3)nc(N)n2)CC1=O. The number of ether oxygens (including phenoxy) is 1. The summed E-state index contributed by atoms with van der Waals surface area (Å²) in [5, 5.41) is 0. The highest BCUT2D eigenvalue weighted by molar-refractivity contribution is 5.78. The number of hydrogen-bond acceptors (Lipinski definition) is 6. The first-order valence-electron chi connectivity index (χ1n) is 8.31. The number of anilines is 2. The van der Waals surface area contributed by atoms with E-state index in [1.807, 2.05) is 11.0 Å². The number of likely N-dealkylation sites (tertiary alicyclic amines) is 1. The van der Waals surface area contributed by atoms with Crippen molar-refractivity contribution in [2.45, 2.75) is 25.7 Å². The first-order valence-corrected chi connectivity index (χ1v) is 8.31. The van der Waals surface area contributed by atoms with E-state index in [2.05, 4.69) is 14.9 Å². The van der Waals surface area contributed by atoms with Crippen LogP contribution in [0.1, 0.15) is 25.0 Å². The number of nitrogens with two attached hydrogens (primary N) is 1. The van der Waals surface area contributed by atoms with Crippen molar-refractivity contribution < 1.29 is 9.53 Å². The zero-order valence-electron chi connectivity index (χ0n) is 13.7. The Balaban J connectivity index is 1.65. The van der Waals surface area contributed by atoms with Gasteiger partial charge in [0.1, 0.15) is 5.82 Å². The highest BCUT2D eigenvalue weighted by Crippen LogP contribution is 2.24. The average molecular weight is 319 g/mol. The fourth-order valence-electron chi connectivity index (χ4n) is 3.42. The molecule has 0 aliphatic carbocycles. The molecular formula is C16H25N5O2. The number of nitrogen functional groups attached to an aromatic ring is 1. The molecule has 3 heterocycles. The van der Waals surface area contributed by atoms with Crippen LogP contribution in [0.5, 0.6) is 0 Å². The molecule has 0 radical (unpaired) electrons. The molecule has 1 unspecified atom stereocenters. The van der Waals surface area contributed by atoms with Crippen LogP contribution in [0.4, 0.5) is 11.8 Å². The van der Waals surface area contributed by atoms with Gasteiger partial charge >= 0.3 is 0 Å². The zero-order chi connectivity index (χ0) is 16.2. The maximum absolute atomic E-state index is 12.0. The third-order valence-corrected chi connectivity index (χ3v) is 4.57. The van der Waals surface area contributed by atoms with Crippen molar-refractivity contribution in [1.29, 1.82) is 0 Å². The van der Waals surface area contributed by atoms with Crippen molar-refractivity contribution >= 4 is 17.7 Å². The number of methoxy groups -OCH3 is 1. The van der Waals surface area contributed by atoms with Gasteiger partial charge in [-0.3, -0.25) is 4.79 Å². The van der Waals surface area contributed by atoms with Crippen LogP contribution in [0.2, 0.25) is 0 Å². The molecule has 1 amide bonds.